The number of methoxy groups -OCH3 is 1. The van der Waals surface area contributed by atoms with Crippen LogP contribution in [0, 0.1) is 5.92 Å². The van der Waals surface area contributed by atoms with Gasteiger partial charge in [-0.2, -0.15) is 4.98 Å². The van der Waals surface area contributed by atoms with Crippen LogP contribution in [0.1, 0.15) is 17.7 Å². The maximum atomic E-state index is 12.0. The Bertz CT molecular complexity index is 594. The molecule has 1 amide bonds. The average molecular weight is 334 g/mol. The molecule has 1 aromatic heterocycles. The smallest absolute Gasteiger partial charge is 0.223 e. The van der Waals surface area contributed by atoms with Gasteiger partial charge in [0, 0.05) is 57.6 Å². The number of likely N-dealkylation sites (tertiary alicyclic amines) is 1. The number of rotatable bonds is 6. The minimum absolute atomic E-state index is 0.198. The summed E-state index contributed by atoms with van der Waals surface area (Å²) in [4.78, 5) is 22.7. The number of hydrogen-bond acceptors (Lipinski definition) is 7. The fraction of sp³-hybridized carbons (Fsp3) is 0.688. The van der Waals surface area contributed by atoms with Gasteiger partial charge >= 0.3 is 0 Å². The molecule has 0 saturated carbocycles. The number of anilines is 2. The lowest BCUT2D eigenvalue weighted by atomic mass is 10.1. The Kier molecular flexibility index (Phi) is 5.47. The first-order valence-electron chi connectivity index (χ1n) is 8.54. The van der Waals surface area contributed by atoms with E-state index in [-0.39, 0.29) is 11.8 Å². The van der Waals surface area contributed by atoms with E-state index in [1.165, 1.54) is 0 Å². The van der Waals surface area contributed by atoms with Gasteiger partial charge in [-0.05, 0) is 13.0 Å². The molecule has 1 saturated heterocycles. The van der Waals surface area contributed by atoms with Crippen LogP contribution in [0.5, 0.6) is 0 Å². The molecule has 8 nitrogen and oxygen atoms in total. The highest BCUT2D eigenvalue weighted by Gasteiger charge is 2.29. The van der Waals surface area contributed by atoms with E-state index in [1.807, 2.05) is 4.90 Å². The van der Waals surface area contributed by atoms with Gasteiger partial charge in [0.2, 0.25) is 11.9 Å². The number of nitrogen functional groups attached to an aromatic ring is 1. The topological polar surface area (TPSA) is 105 Å². The largest absolute Gasteiger partial charge is 0.383 e. The third kappa shape index (κ3) is 3.93. The molecule has 0 radical (unpaired) electrons. The summed E-state index contributed by atoms with van der Waals surface area (Å²) in [6.45, 7) is 4.55. The van der Waals surface area contributed by atoms with Gasteiger partial charge in [-0.15, -0.1) is 0 Å². The molecule has 3 heterocycles. The van der Waals surface area contributed by atoms with Crippen LogP contribution < -0.4 is 16.4 Å². The molecule has 0 aliphatic carbocycles. The number of nitrogens with two attached hydrogens (primary N) is 1. The summed E-state index contributed by atoms with van der Waals surface area (Å²) in [7, 11) is 1.65. The Labute approximate surface area is 142 Å². The minimum atomic E-state index is 0.198. The van der Waals surface area contributed by atoms with Crippen molar-refractivity contribution in [2.45, 2.75) is 19.3 Å². The first-order valence-corrected chi connectivity index (χ1v) is 8.54. The van der Waals surface area contributed by atoms with E-state index < -0.39 is 0 Å². The third-order valence-corrected chi connectivity index (χ3v) is 4.62. The first-order chi connectivity index (χ1) is 11.7. The van der Waals surface area contributed by atoms with Gasteiger partial charge in [-0.3, -0.25) is 4.79 Å². The number of carbonyl (C=O) groups is 1. The molecule has 0 bridgehead atoms. The van der Waals surface area contributed by atoms with Crippen molar-refractivity contribution < 1.29 is 9.53 Å². The number of nitrogens with one attached hydrogen (secondary N) is 2. The predicted octanol–water partition coefficient (Wildman–Crippen LogP) is -0.346. The number of hydrogen-bond donors (Lipinski definition) is 3. The summed E-state index contributed by atoms with van der Waals surface area (Å²) < 4.78 is 5.06. The zero-order chi connectivity index (χ0) is 16.9. The zero-order valence-corrected chi connectivity index (χ0v) is 14.2. The molecule has 1 fully saturated rings. The second-order valence-corrected chi connectivity index (χ2v) is 6.39. The fourth-order valence-electron chi connectivity index (χ4n) is 3.36. The van der Waals surface area contributed by atoms with Crippen LogP contribution >= 0.6 is 0 Å². The van der Waals surface area contributed by atoms with Gasteiger partial charge < -0.3 is 26.0 Å². The van der Waals surface area contributed by atoms with E-state index in [2.05, 4.69) is 20.6 Å². The standard InChI is InChI=1S/C16H26N6O2/c1-24-7-6-22-10-11(8-14(22)23)9-19-15-12-2-4-18-5-3-13(12)20-16(17)21-15/h11,18H,2-10H2,1H3,(H3,17,19,20,21)/t11-/m1/s1. The molecule has 0 unspecified atom stereocenters. The molecule has 3 rings (SSSR count). The Morgan fingerprint density at radius 3 is 3.04 bits per heavy atom. The van der Waals surface area contributed by atoms with E-state index in [9.17, 15) is 4.79 Å². The number of nitrogens with zero attached hydrogens (tertiary/aromatic N) is 3. The SMILES string of the molecule is COCCN1C[C@@H](CNc2nc(N)nc3c2CCNCC3)CC1=O. The fourth-order valence-corrected chi connectivity index (χ4v) is 3.36. The quantitative estimate of drug-likeness (QED) is 0.653. The predicted molar refractivity (Wildman–Crippen MR) is 91.8 cm³/mol. The van der Waals surface area contributed by atoms with E-state index in [1.54, 1.807) is 7.11 Å². The molecule has 2 aliphatic heterocycles. The lowest BCUT2D eigenvalue weighted by Crippen LogP contribution is -2.29. The zero-order valence-electron chi connectivity index (χ0n) is 14.2. The highest BCUT2D eigenvalue weighted by Crippen LogP contribution is 2.23. The van der Waals surface area contributed by atoms with Crippen LogP contribution in [0.3, 0.4) is 0 Å². The van der Waals surface area contributed by atoms with Crippen molar-refractivity contribution in [2.75, 3.05) is 57.5 Å². The van der Waals surface area contributed by atoms with Crippen LogP contribution in [0.4, 0.5) is 11.8 Å². The highest BCUT2D eigenvalue weighted by molar-refractivity contribution is 5.78. The molecule has 8 heteroatoms. The second-order valence-electron chi connectivity index (χ2n) is 6.39. The van der Waals surface area contributed by atoms with Crippen LogP contribution in [-0.4, -0.2) is 67.2 Å². The van der Waals surface area contributed by atoms with Crippen LogP contribution in [-0.2, 0) is 22.4 Å². The molecule has 1 atom stereocenters. The van der Waals surface area contributed by atoms with Crippen molar-refractivity contribution in [1.29, 1.82) is 0 Å². The average Bonchev–Trinajstić information content (AvgIpc) is 2.76. The number of fused-ring (bicyclic) bond motifs is 1. The summed E-state index contributed by atoms with van der Waals surface area (Å²) in [6, 6.07) is 0. The van der Waals surface area contributed by atoms with Crippen LogP contribution in [0.2, 0.25) is 0 Å². The number of aromatic nitrogens is 2. The molecule has 2 aliphatic rings. The van der Waals surface area contributed by atoms with Gasteiger partial charge in [0.05, 0.1) is 12.3 Å². The molecule has 0 aromatic carbocycles. The molecule has 0 spiro atoms. The molecule has 132 valence electrons. The summed E-state index contributed by atoms with van der Waals surface area (Å²) in [5, 5.41) is 6.78. The maximum Gasteiger partial charge on any atom is 0.223 e. The lowest BCUT2D eigenvalue weighted by molar-refractivity contribution is -0.128. The van der Waals surface area contributed by atoms with Crippen molar-refractivity contribution in [3.8, 4) is 0 Å². The van der Waals surface area contributed by atoms with Crippen molar-refractivity contribution in [1.82, 2.24) is 20.2 Å². The van der Waals surface area contributed by atoms with Gasteiger partial charge in [0.1, 0.15) is 5.82 Å². The Balaban J connectivity index is 1.63. The first kappa shape index (κ1) is 16.9. The Hall–Kier alpha value is -1.93. The number of ether oxygens (including phenoxy) is 1. The minimum Gasteiger partial charge on any atom is -0.383 e. The molecule has 1 aromatic rings. The van der Waals surface area contributed by atoms with Gasteiger partial charge in [0.15, 0.2) is 0 Å². The lowest BCUT2D eigenvalue weighted by Gasteiger charge is -2.17. The van der Waals surface area contributed by atoms with E-state index in [4.69, 9.17) is 10.5 Å². The molecular weight excluding hydrogens is 308 g/mol. The van der Waals surface area contributed by atoms with Crippen molar-refractivity contribution in [3.05, 3.63) is 11.3 Å². The number of amides is 1. The maximum absolute atomic E-state index is 12.0. The summed E-state index contributed by atoms with van der Waals surface area (Å²) in [5.74, 6) is 1.61. The van der Waals surface area contributed by atoms with E-state index in [0.717, 1.165) is 49.6 Å². The number of carbonyl (C=O) groups excluding carboxylic acids is 1. The monoisotopic (exact) mass is 334 g/mol. The van der Waals surface area contributed by atoms with Crippen molar-refractivity contribution in [3.63, 3.8) is 0 Å². The second kappa shape index (κ2) is 7.76. The molecule has 4 N–H and O–H groups in total. The van der Waals surface area contributed by atoms with E-state index in [0.29, 0.717) is 32.1 Å². The summed E-state index contributed by atoms with van der Waals surface area (Å²) >= 11 is 0. The van der Waals surface area contributed by atoms with Crippen molar-refractivity contribution in [2.24, 2.45) is 5.92 Å². The van der Waals surface area contributed by atoms with Crippen molar-refractivity contribution >= 4 is 17.7 Å². The summed E-state index contributed by atoms with van der Waals surface area (Å²) in [6.07, 6.45) is 2.33. The Morgan fingerprint density at radius 1 is 1.38 bits per heavy atom. The van der Waals surface area contributed by atoms with Gasteiger partial charge in [0.25, 0.3) is 0 Å². The van der Waals surface area contributed by atoms with Gasteiger partial charge in [-0.25, -0.2) is 4.98 Å². The van der Waals surface area contributed by atoms with E-state index >= 15 is 0 Å². The van der Waals surface area contributed by atoms with Crippen LogP contribution in [0.15, 0.2) is 0 Å². The molecule has 24 heavy (non-hydrogen) atoms. The summed E-state index contributed by atoms with van der Waals surface area (Å²) in [5.41, 5.74) is 8.03. The normalized spacial score (nSPS) is 20.8. The Morgan fingerprint density at radius 2 is 2.21 bits per heavy atom. The highest BCUT2D eigenvalue weighted by atomic mass is 16.5. The molecular formula is C16H26N6O2. The van der Waals surface area contributed by atoms with Gasteiger partial charge in [-0.1, -0.05) is 0 Å². The van der Waals surface area contributed by atoms with Crippen LogP contribution in [0.25, 0.3) is 0 Å². The third-order valence-electron chi connectivity index (χ3n) is 4.62.